The van der Waals surface area contributed by atoms with E-state index >= 15 is 0 Å². The Kier molecular flexibility index (Phi) is 10.7. The van der Waals surface area contributed by atoms with E-state index in [0.29, 0.717) is 33.7 Å². The van der Waals surface area contributed by atoms with Gasteiger partial charge in [0.2, 0.25) is 5.91 Å². The molecule has 14 heteroatoms. The molecular formula is C27H26ClF3N6O3S. The maximum absolute atomic E-state index is 13.1. The maximum atomic E-state index is 13.1. The molecule has 0 saturated heterocycles. The lowest BCUT2D eigenvalue weighted by Gasteiger charge is -2.12. The summed E-state index contributed by atoms with van der Waals surface area (Å²) in [5.41, 5.74) is 0.385. The van der Waals surface area contributed by atoms with E-state index < -0.39 is 34.6 Å². The van der Waals surface area contributed by atoms with Gasteiger partial charge in [0.1, 0.15) is 21.5 Å². The van der Waals surface area contributed by atoms with E-state index in [9.17, 15) is 22.8 Å². The highest BCUT2D eigenvalue weighted by molar-refractivity contribution is 7.13. The van der Waals surface area contributed by atoms with Crippen molar-refractivity contribution in [3.8, 4) is 5.75 Å². The molecule has 216 valence electrons. The summed E-state index contributed by atoms with van der Waals surface area (Å²) in [4.78, 5) is 42.2. The van der Waals surface area contributed by atoms with Gasteiger partial charge in [0.25, 0.3) is 5.91 Å². The third-order valence-electron chi connectivity index (χ3n) is 5.38. The van der Waals surface area contributed by atoms with Crippen LogP contribution in [0.15, 0.2) is 65.8 Å². The number of halogens is 4. The Bertz CT molecular complexity index is 1500. The molecular weight excluding hydrogens is 581 g/mol. The van der Waals surface area contributed by atoms with Gasteiger partial charge in [-0.05, 0) is 38.5 Å². The molecule has 41 heavy (non-hydrogen) atoms. The normalized spacial score (nSPS) is 13.3. The lowest BCUT2D eigenvalue weighted by atomic mass is 10.1. The van der Waals surface area contributed by atoms with Crippen molar-refractivity contribution >= 4 is 46.3 Å². The van der Waals surface area contributed by atoms with Gasteiger partial charge in [0.15, 0.2) is 0 Å². The minimum Gasteiger partial charge on any atom is -0.495 e. The molecule has 0 fully saturated rings. The first-order valence-electron chi connectivity index (χ1n) is 12.1. The number of nitrogens with one attached hydrogen (secondary N) is 2. The number of nitrogens with zero attached hydrogens (tertiary/aromatic N) is 4. The molecule has 0 aliphatic rings. The van der Waals surface area contributed by atoms with Crippen LogP contribution in [-0.4, -0.2) is 39.6 Å². The number of alkyl halides is 3. The van der Waals surface area contributed by atoms with E-state index in [2.05, 4.69) is 30.6 Å². The van der Waals surface area contributed by atoms with Crippen molar-refractivity contribution in [2.75, 3.05) is 12.4 Å². The van der Waals surface area contributed by atoms with Crippen molar-refractivity contribution in [3.05, 3.63) is 86.9 Å². The molecule has 0 bridgehead atoms. The maximum Gasteiger partial charge on any atom is 0.418 e. The number of anilines is 1. The second-order valence-corrected chi connectivity index (χ2v) is 9.98. The summed E-state index contributed by atoms with van der Waals surface area (Å²) in [6.45, 7) is 5.29. The van der Waals surface area contributed by atoms with E-state index in [0.717, 1.165) is 24.0 Å². The molecule has 0 aromatic carbocycles. The highest BCUT2D eigenvalue weighted by Gasteiger charge is 2.34. The standard InChI is InChI=1S/C27H26ClF3N6O3S/c1-5-6-7-33-21(17-9-18(40-4)12-32-11-17)8-15(2)24(38)36-16(3)26-35-14-22(41-26)25(39)37-23-10-19(27(29,30)31)20(28)13-34-23/h6-14,16H,5H2,1-4H3,(H,36,38)(H,34,37,39)/b7-6+,15-8+,33-21+. The Morgan fingerprint density at radius 2 is 1.95 bits per heavy atom. The van der Waals surface area contributed by atoms with E-state index in [1.54, 1.807) is 44.6 Å². The largest absolute Gasteiger partial charge is 0.495 e. The third kappa shape index (κ3) is 8.69. The summed E-state index contributed by atoms with van der Waals surface area (Å²) in [6.07, 6.45) is 6.45. The molecule has 3 aromatic rings. The van der Waals surface area contributed by atoms with Gasteiger partial charge in [-0.1, -0.05) is 24.6 Å². The van der Waals surface area contributed by atoms with Crippen molar-refractivity contribution in [1.82, 2.24) is 20.3 Å². The Balaban J connectivity index is 1.72. The van der Waals surface area contributed by atoms with Crippen molar-refractivity contribution in [1.29, 1.82) is 0 Å². The summed E-state index contributed by atoms with van der Waals surface area (Å²) in [5, 5.41) is 4.95. The lowest BCUT2D eigenvalue weighted by Crippen LogP contribution is -2.27. The summed E-state index contributed by atoms with van der Waals surface area (Å²) in [6, 6.07) is 1.82. The van der Waals surface area contributed by atoms with E-state index in [1.807, 2.05) is 13.0 Å². The number of thiazole rings is 1. The SMILES string of the molecule is CC/C=C/N=C(\C=C(/C)C(=O)NC(C)c1ncc(C(=O)Nc2cc(C(F)(F)F)c(Cl)cn2)s1)c1cncc(OC)c1. The first-order valence-corrected chi connectivity index (χ1v) is 13.3. The number of amides is 2. The van der Waals surface area contributed by atoms with Crippen LogP contribution in [0.25, 0.3) is 0 Å². The van der Waals surface area contributed by atoms with E-state index in [-0.39, 0.29) is 10.7 Å². The number of allylic oxidation sites excluding steroid dienone is 2. The van der Waals surface area contributed by atoms with Crippen molar-refractivity contribution in [2.24, 2.45) is 4.99 Å². The predicted octanol–water partition coefficient (Wildman–Crippen LogP) is 6.40. The van der Waals surface area contributed by atoms with Crippen LogP contribution in [-0.2, 0) is 11.0 Å². The number of pyridine rings is 2. The molecule has 9 nitrogen and oxygen atoms in total. The Morgan fingerprint density at radius 1 is 1.20 bits per heavy atom. The second kappa shape index (κ2) is 14.0. The van der Waals surface area contributed by atoms with Gasteiger partial charge in [-0.15, -0.1) is 11.3 Å². The Hall–Kier alpha value is -4.10. The molecule has 1 unspecified atom stereocenters. The zero-order chi connectivity index (χ0) is 30.2. The van der Waals surface area contributed by atoms with Crippen LogP contribution >= 0.6 is 22.9 Å². The van der Waals surface area contributed by atoms with Gasteiger partial charge in [0.05, 0.1) is 41.8 Å². The molecule has 0 aliphatic carbocycles. The van der Waals surface area contributed by atoms with Crippen LogP contribution in [0.5, 0.6) is 5.75 Å². The van der Waals surface area contributed by atoms with Crippen molar-refractivity contribution in [2.45, 2.75) is 39.4 Å². The summed E-state index contributed by atoms with van der Waals surface area (Å²) >= 11 is 6.55. The Labute approximate surface area is 243 Å². The van der Waals surface area contributed by atoms with Gasteiger partial charge < -0.3 is 15.4 Å². The molecule has 1 atom stereocenters. The fourth-order valence-corrected chi connectivity index (χ4v) is 4.27. The first-order chi connectivity index (χ1) is 19.4. The zero-order valence-corrected chi connectivity index (χ0v) is 24.0. The van der Waals surface area contributed by atoms with Gasteiger partial charge in [0, 0.05) is 29.7 Å². The zero-order valence-electron chi connectivity index (χ0n) is 22.4. The summed E-state index contributed by atoms with van der Waals surface area (Å²) in [7, 11) is 1.52. The van der Waals surface area contributed by atoms with Gasteiger partial charge in [-0.3, -0.25) is 19.6 Å². The topological polar surface area (TPSA) is 118 Å². The van der Waals surface area contributed by atoms with Crippen molar-refractivity contribution < 1.29 is 27.5 Å². The monoisotopic (exact) mass is 606 g/mol. The number of hydrogen-bond acceptors (Lipinski definition) is 8. The first kappa shape index (κ1) is 31.4. The van der Waals surface area contributed by atoms with Gasteiger partial charge in [-0.25, -0.2) is 9.97 Å². The molecule has 3 aromatic heterocycles. The number of aromatic nitrogens is 3. The smallest absolute Gasteiger partial charge is 0.418 e. The highest BCUT2D eigenvalue weighted by atomic mass is 35.5. The second-order valence-electron chi connectivity index (χ2n) is 8.51. The number of hydrogen-bond donors (Lipinski definition) is 2. The van der Waals surface area contributed by atoms with Crippen LogP contribution in [0.1, 0.15) is 59.0 Å². The fourth-order valence-electron chi connectivity index (χ4n) is 3.24. The molecule has 0 spiro atoms. The fraction of sp³-hybridized carbons (Fsp3) is 0.259. The van der Waals surface area contributed by atoms with Gasteiger partial charge >= 0.3 is 6.18 Å². The average molecular weight is 607 g/mol. The molecule has 0 aliphatic heterocycles. The Morgan fingerprint density at radius 3 is 2.63 bits per heavy atom. The van der Waals surface area contributed by atoms with E-state index in [1.165, 1.54) is 13.3 Å². The number of carbonyl (C=O) groups is 2. The number of carbonyl (C=O) groups excluding carboxylic acids is 2. The van der Waals surface area contributed by atoms with Gasteiger partial charge in [-0.2, -0.15) is 13.2 Å². The number of ether oxygens (including phenoxy) is 1. The summed E-state index contributed by atoms with van der Waals surface area (Å²) < 4.78 is 44.6. The highest BCUT2D eigenvalue weighted by Crippen LogP contribution is 2.35. The molecule has 0 saturated carbocycles. The van der Waals surface area contributed by atoms with Crippen LogP contribution in [0.3, 0.4) is 0 Å². The van der Waals surface area contributed by atoms with Crippen LogP contribution in [0.4, 0.5) is 19.0 Å². The number of methoxy groups -OCH3 is 1. The van der Waals surface area contributed by atoms with E-state index in [4.69, 9.17) is 16.3 Å². The molecule has 3 heterocycles. The predicted molar refractivity (Wildman–Crippen MR) is 151 cm³/mol. The quantitative estimate of drug-likeness (QED) is 0.204. The molecule has 3 rings (SSSR count). The average Bonchev–Trinajstić information content (AvgIpc) is 3.44. The number of rotatable bonds is 10. The molecule has 2 N–H and O–H groups in total. The van der Waals surface area contributed by atoms with Crippen molar-refractivity contribution in [3.63, 3.8) is 0 Å². The van der Waals surface area contributed by atoms with Crippen LogP contribution in [0.2, 0.25) is 5.02 Å². The lowest BCUT2D eigenvalue weighted by molar-refractivity contribution is -0.137. The minimum absolute atomic E-state index is 0.112. The molecule has 0 radical (unpaired) electrons. The van der Waals surface area contributed by atoms with Crippen LogP contribution < -0.4 is 15.4 Å². The minimum atomic E-state index is -4.71. The number of aliphatic imine (C=N–C) groups is 1. The third-order valence-corrected chi connectivity index (χ3v) is 6.86. The summed E-state index contributed by atoms with van der Waals surface area (Å²) in [5.74, 6) is -0.887. The molecule has 2 amide bonds. The van der Waals surface area contributed by atoms with Crippen LogP contribution in [0, 0.1) is 0 Å².